The highest BCUT2D eigenvalue weighted by Crippen LogP contribution is 2.57. The van der Waals surface area contributed by atoms with Gasteiger partial charge in [-0.2, -0.15) is 0 Å². The van der Waals surface area contributed by atoms with Crippen molar-refractivity contribution in [2.24, 2.45) is 10.8 Å². The zero-order chi connectivity index (χ0) is 26.9. The van der Waals surface area contributed by atoms with Crippen LogP contribution in [0, 0.1) is 24.7 Å². The molecule has 37 heavy (non-hydrogen) atoms. The van der Waals surface area contributed by atoms with Gasteiger partial charge in [-0.1, -0.05) is 58.0 Å². The molecule has 1 aliphatic heterocycles. The van der Waals surface area contributed by atoms with Gasteiger partial charge in [0.25, 0.3) is 0 Å². The molecule has 2 heterocycles. The van der Waals surface area contributed by atoms with Crippen LogP contribution in [-0.4, -0.2) is 24.6 Å². The van der Waals surface area contributed by atoms with Crippen LogP contribution >= 0.6 is 11.3 Å². The molecule has 0 saturated heterocycles. The molecule has 0 atom stereocenters. The lowest BCUT2D eigenvalue weighted by atomic mass is 9.63. The summed E-state index contributed by atoms with van der Waals surface area (Å²) in [6.07, 6.45) is 2.22. The third-order valence-corrected chi connectivity index (χ3v) is 9.19. The number of thiophene rings is 1. The number of hydrogen-bond donors (Lipinski definition) is 0. The fraction of sp³-hybridized carbons (Fsp3) is 0.452. The Labute approximate surface area is 223 Å². The Balaban J connectivity index is 1.88. The first-order chi connectivity index (χ1) is 17.3. The van der Waals surface area contributed by atoms with Gasteiger partial charge in [0, 0.05) is 46.2 Å². The quantitative estimate of drug-likeness (QED) is 0.409. The van der Waals surface area contributed by atoms with Gasteiger partial charge in [-0.3, -0.25) is 9.59 Å². The molecule has 6 heteroatoms. The predicted octanol–water partition coefficient (Wildman–Crippen LogP) is 7.04. The molecule has 5 rings (SSSR count). The number of allylic oxidation sites excluding steroid dienone is 4. The van der Waals surface area contributed by atoms with Gasteiger partial charge in [0.05, 0.1) is 12.7 Å². The highest BCUT2D eigenvalue weighted by Gasteiger charge is 2.50. The number of ether oxygens (including phenoxy) is 1. The standard InChI is InChI=1S/C31H35NO4S/c1-17-18(2)37-28(24(17)29(35)36-7)32-20-13-30(3,4)15-22(33)26(20)25(19-11-9-8-10-12-19)27-21(32)14-31(5,6)16-23(27)34/h8-12,25H,13-16H2,1-7H3. The van der Waals surface area contributed by atoms with E-state index in [0.717, 1.165) is 32.4 Å². The normalized spacial score (nSPS) is 21.2. The van der Waals surface area contributed by atoms with E-state index in [1.54, 1.807) is 0 Å². The van der Waals surface area contributed by atoms with Crippen molar-refractivity contribution in [2.75, 3.05) is 12.0 Å². The Morgan fingerprint density at radius 1 is 0.892 bits per heavy atom. The third-order valence-electron chi connectivity index (χ3n) is 8.00. The van der Waals surface area contributed by atoms with Crippen LogP contribution in [0.15, 0.2) is 52.9 Å². The Morgan fingerprint density at radius 2 is 1.41 bits per heavy atom. The van der Waals surface area contributed by atoms with Crippen molar-refractivity contribution in [3.8, 4) is 0 Å². The number of ketones is 2. The van der Waals surface area contributed by atoms with Crippen molar-refractivity contribution < 1.29 is 19.1 Å². The zero-order valence-corrected chi connectivity index (χ0v) is 23.6. The molecule has 1 aromatic carbocycles. The summed E-state index contributed by atoms with van der Waals surface area (Å²) in [6.45, 7) is 12.4. The molecule has 0 spiro atoms. The summed E-state index contributed by atoms with van der Waals surface area (Å²) in [6, 6.07) is 9.94. The Hall–Kier alpha value is -2.99. The second-order valence-electron chi connectivity index (χ2n) is 12.2. The van der Waals surface area contributed by atoms with Crippen LogP contribution in [-0.2, 0) is 14.3 Å². The number of rotatable bonds is 3. The van der Waals surface area contributed by atoms with Crippen LogP contribution in [0.1, 0.15) is 85.7 Å². The summed E-state index contributed by atoms with van der Waals surface area (Å²) in [5, 5.41) is 0.754. The monoisotopic (exact) mass is 517 g/mol. The van der Waals surface area contributed by atoms with Gasteiger partial charge in [-0.25, -0.2) is 4.79 Å². The highest BCUT2D eigenvalue weighted by molar-refractivity contribution is 7.16. The maximum atomic E-state index is 14.0. The Kier molecular flexibility index (Phi) is 6.10. The van der Waals surface area contributed by atoms with Crippen molar-refractivity contribution in [1.29, 1.82) is 0 Å². The first-order valence-electron chi connectivity index (χ1n) is 12.9. The third kappa shape index (κ3) is 4.19. The van der Waals surface area contributed by atoms with Gasteiger partial charge in [0.2, 0.25) is 0 Å². The fourth-order valence-electron chi connectivity index (χ4n) is 6.30. The lowest BCUT2D eigenvalue weighted by Gasteiger charge is -2.48. The van der Waals surface area contributed by atoms with E-state index in [4.69, 9.17) is 4.74 Å². The molecule has 5 nitrogen and oxygen atoms in total. The van der Waals surface area contributed by atoms with Crippen LogP contribution in [0.5, 0.6) is 0 Å². The van der Waals surface area contributed by atoms with E-state index in [0.29, 0.717) is 42.4 Å². The van der Waals surface area contributed by atoms with E-state index in [-0.39, 0.29) is 22.4 Å². The maximum absolute atomic E-state index is 14.0. The molecule has 0 fully saturated rings. The van der Waals surface area contributed by atoms with Crippen molar-refractivity contribution >= 4 is 33.9 Å². The summed E-state index contributed by atoms with van der Waals surface area (Å²) in [5.41, 5.74) is 5.14. The van der Waals surface area contributed by atoms with Crippen LogP contribution in [0.25, 0.3) is 0 Å². The van der Waals surface area contributed by atoms with Gasteiger partial charge in [-0.15, -0.1) is 11.3 Å². The van der Waals surface area contributed by atoms with Gasteiger partial charge < -0.3 is 9.64 Å². The van der Waals surface area contributed by atoms with Crippen molar-refractivity contribution in [1.82, 2.24) is 0 Å². The summed E-state index contributed by atoms with van der Waals surface area (Å²) in [4.78, 5) is 44.1. The first kappa shape index (κ1) is 25.7. The minimum atomic E-state index is -0.394. The lowest BCUT2D eigenvalue weighted by molar-refractivity contribution is -0.119. The molecule has 2 aromatic rings. The number of Topliss-reactive ketones (excluding diaryl/α,β-unsaturated/α-hetero) is 2. The van der Waals surface area contributed by atoms with E-state index in [2.05, 4.69) is 32.6 Å². The number of aryl methyl sites for hydroxylation is 1. The van der Waals surface area contributed by atoms with E-state index in [1.807, 2.05) is 44.2 Å². The van der Waals surface area contributed by atoms with Crippen LogP contribution in [0.3, 0.4) is 0 Å². The summed E-state index contributed by atoms with van der Waals surface area (Å²) < 4.78 is 5.22. The first-order valence-corrected chi connectivity index (χ1v) is 13.7. The van der Waals surface area contributed by atoms with Crippen molar-refractivity contribution in [2.45, 2.75) is 73.1 Å². The summed E-state index contributed by atoms with van der Waals surface area (Å²) in [5.74, 6) is -0.620. The molecule has 0 N–H and O–H groups in total. The zero-order valence-electron chi connectivity index (χ0n) is 22.8. The molecule has 2 aliphatic carbocycles. The summed E-state index contributed by atoms with van der Waals surface area (Å²) in [7, 11) is 1.40. The molecule has 0 unspecified atom stereocenters. The number of methoxy groups -OCH3 is 1. The highest BCUT2D eigenvalue weighted by atomic mass is 32.1. The molecule has 194 valence electrons. The maximum Gasteiger partial charge on any atom is 0.341 e. The number of carbonyl (C=O) groups excluding carboxylic acids is 3. The Morgan fingerprint density at radius 3 is 1.89 bits per heavy atom. The summed E-state index contributed by atoms with van der Waals surface area (Å²) >= 11 is 1.54. The Bertz CT molecular complexity index is 1340. The van der Waals surface area contributed by atoms with Crippen LogP contribution in [0.4, 0.5) is 5.00 Å². The molecule has 0 saturated carbocycles. The molecule has 0 bridgehead atoms. The smallest absolute Gasteiger partial charge is 0.341 e. The van der Waals surface area contributed by atoms with Gasteiger partial charge in [0.1, 0.15) is 5.00 Å². The molecule has 3 aliphatic rings. The second kappa shape index (κ2) is 8.80. The number of benzene rings is 1. The van der Waals surface area contributed by atoms with E-state index in [1.165, 1.54) is 18.4 Å². The van der Waals surface area contributed by atoms with E-state index < -0.39 is 11.9 Å². The predicted molar refractivity (Wildman–Crippen MR) is 147 cm³/mol. The molecule has 0 amide bonds. The van der Waals surface area contributed by atoms with E-state index in [9.17, 15) is 14.4 Å². The number of nitrogens with zero attached hydrogens (tertiary/aromatic N) is 1. The number of hydrogen-bond acceptors (Lipinski definition) is 6. The van der Waals surface area contributed by atoms with E-state index >= 15 is 0 Å². The lowest BCUT2D eigenvalue weighted by Crippen LogP contribution is -2.44. The van der Waals surface area contributed by atoms with Crippen LogP contribution < -0.4 is 4.90 Å². The molecular weight excluding hydrogens is 482 g/mol. The molecule has 1 aromatic heterocycles. The minimum Gasteiger partial charge on any atom is -0.465 e. The van der Waals surface area contributed by atoms with Crippen LogP contribution in [0.2, 0.25) is 0 Å². The average molecular weight is 518 g/mol. The SMILES string of the molecule is COC(=O)c1c(N2C3=C(C(=O)CC(C)(C)C3)C(c3ccccc3)C3=C2CC(C)(C)CC3=O)sc(C)c1C. The van der Waals surface area contributed by atoms with Gasteiger partial charge >= 0.3 is 5.97 Å². The molecular formula is C31H35NO4S. The average Bonchev–Trinajstić information content (AvgIpc) is 3.09. The number of carbonyl (C=O) groups is 3. The number of anilines is 1. The minimum absolute atomic E-state index is 0.0823. The second-order valence-corrected chi connectivity index (χ2v) is 13.4. The van der Waals surface area contributed by atoms with Gasteiger partial charge in [0.15, 0.2) is 11.6 Å². The van der Waals surface area contributed by atoms with Gasteiger partial charge in [-0.05, 0) is 48.6 Å². The largest absolute Gasteiger partial charge is 0.465 e. The van der Waals surface area contributed by atoms with Crippen molar-refractivity contribution in [3.05, 3.63) is 74.4 Å². The fourth-order valence-corrected chi connectivity index (χ4v) is 7.49. The molecule has 0 radical (unpaired) electrons. The number of esters is 1. The van der Waals surface area contributed by atoms with Crippen molar-refractivity contribution in [3.63, 3.8) is 0 Å². The topological polar surface area (TPSA) is 63.7 Å².